The molecule has 0 radical (unpaired) electrons. The maximum atomic E-state index is 13.3. The summed E-state index contributed by atoms with van der Waals surface area (Å²) in [5.41, 5.74) is 1.75. The molecule has 2 heterocycles. The van der Waals surface area contributed by atoms with Crippen LogP contribution >= 0.6 is 35.1 Å². The third-order valence-electron chi connectivity index (χ3n) is 3.38. The zero-order valence-electron chi connectivity index (χ0n) is 11.0. The predicted octanol–water partition coefficient (Wildman–Crippen LogP) is 3.81. The second-order valence-electron chi connectivity index (χ2n) is 4.78. The number of hydrogen-bond donors (Lipinski definition) is 0. The van der Waals surface area contributed by atoms with Crippen molar-refractivity contribution in [3.05, 3.63) is 29.8 Å². The van der Waals surface area contributed by atoms with Crippen molar-refractivity contribution in [3.63, 3.8) is 0 Å². The van der Waals surface area contributed by atoms with Gasteiger partial charge in [0.25, 0.3) is 0 Å². The average molecular weight is 331 g/mol. The summed E-state index contributed by atoms with van der Waals surface area (Å²) < 4.78 is 15.6. The zero-order valence-corrected chi connectivity index (χ0v) is 13.4. The molecule has 1 saturated heterocycles. The molecule has 1 aromatic heterocycles. The first kappa shape index (κ1) is 14.5. The molecule has 3 rings (SSSR count). The first-order chi connectivity index (χ1) is 9.78. The summed E-state index contributed by atoms with van der Waals surface area (Å²) in [6.07, 6.45) is 0.725. The van der Waals surface area contributed by atoms with E-state index in [1.165, 1.54) is 29.4 Å². The van der Waals surface area contributed by atoms with Crippen molar-refractivity contribution in [2.24, 2.45) is 0 Å². The van der Waals surface area contributed by atoms with Gasteiger partial charge in [0.2, 0.25) is 0 Å². The second-order valence-corrected chi connectivity index (χ2v) is 7.71. The van der Waals surface area contributed by atoms with E-state index in [2.05, 4.69) is 9.55 Å². The van der Waals surface area contributed by atoms with Gasteiger partial charge in [0.15, 0.2) is 0 Å². The Balaban J connectivity index is 1.95. The van der Waals surface area contributed by atoms with Crippen molar-refractivity contribution < 1.29 is 4.39 Å². The molecule has 0 bridgehead atoms. The van der Waals surface area contributed by atoms with Gasteiger partial charge in [-0.2, -0.15) is 23.5 Å². The summed E-state index contributed by atoms with van der Waals surface area (Å²) in [5.74, 6) is 4.90. The largest absolute Gasteiger partial charge is 0.327 e. The molecule has 0 N–H and O–H groups in total. The first-order valence-corrected chi connectivity index (χ1v) is 9.41. The Morgan fingerprint density at radius 2 is 2.30 bits per heavy atom. The van der Waals surface area contributed by atoms with Gasteiger partial charge in [0.05, 0.1) is 11.0 Å². The number of nitrogens with zero attached hydrogens (tertiary/aromatic N) is 2. The number of imidazole rings is 1. The van der Waals surface area contributed by atoms with E-state index >= 15 is 0 Å². The van der Waals surface area contributed by atoms with Gasteiger partial charge < -0.3 is 4.57 Å². The molecule has 6 heteroatoms. The number of halogens is 2. The molecule has 1 aliphatic rings. The van der Waals surface area contributed by atoms with E-state index in [9.17, 15) is 4.39 Å². The SMILES string of the molecule is Fc1ccc2c(c1)nc(CCCl)n2CC1CSCCS1. The fourth-order valence-electron chi connectivity index (χ4n) is 2.48. The molecule has 2 aromatic rings. The number of thioether (sulfide) groups is 2. The van der Waals surface area contributed by atoms with E-state index in [0.29, 0.717) is 11.1 Å². The molecule has 1 aliphatic heterocycles. The van der Waals surface area contributed by atoms with Crippen LogP contribution in [0.15, 0.2) is 18.2 Å². The number of alkyl halides is 1. The van der Waals surface area contributed by atoms with Crippen LogP contribution in [0.3, 0.4) is 0 Å². The van der Waals surface area contributed by atoms with Crippen LogP contribution in [0, 0.1) is 5.82 Å². The Hall–Kier alpha value is -0.390. The molecular weight excluding hydrogens is 315 g/mol. The van der Waals surface area contributed by atoms with Crippen molar-refractivity contribution in [1.82, 2.24) is 9.55 Å². The van der Waals surface area contributed by atoms with Crippen LogP contribution < -0.4 is 0 Å². The summed E-state index contributed by atoms with van der Waals surface area (Å²) in [6, 6.07) is 4.84. The van der Waals surface area contributed by atoms with Gasteiger partial charge >= 0.3 is 0 Å². The summed E-state index contributed by atoms with van der Waals surface area (Å²) in [4.78, 5) is 4.55. The third-order valence-corrected chi connectivity index (χ3v) is 6.39. The Morgan fingerprint density at radius 3 is 3.05 bits per heavy atom. The lowest BCUT2D eigenvalue weighted by atomic mass is 10.3. The van der Waals surface area contributed by atoms with Crippen molar-refractivity contribution in [2.75, 3.05) is 23.1 Å². The number of aryl methyl sites for hydroxylation is 1. The Bertz CT molecular complexity index is 596. The van der Waals surface area contributed by atoms with Crippen molar-refractivity contribution >= 4 is 46.2 Å². The molecule has 0 spiro atoms. The lowest BCUT2D eigenvalue weighted by Gasteiger charge is -2.22. The minimum atomic E-state index is -0.234. The van der Waals surface area contributed by atoms with E-state index < -0.39 is 0 Å². The summed E-state index contributed by atoms with van der Waals surface area (Å²) >= 11 is 9.91. The lowest BCUT2D eigenvalue weighted by Crippen LogP contribution is -2.21. The quantitative estimate of drug-likeness (QED) is 0.794. The molecule has 20 heavy (non-hydrogen) atoms. The van der Waals surface area contributed by atoms with Crippen LogP contribution in [0.5, 0.6) is 0 Å². The highest BCUT2D eigenvalue weighted by Gasteiger charge is 2.18. The number of fused-ring (bicyclic) bond motifs is 1. The Kier molecular flexibility index (Phi) is 4.79. The number of rotatable bonds is 4. The van der Waals surface area contributed by atoms with Gasteiger partial charge in [-0.15, -0.1) is 11.6 Å². The first-order valence-electron chi connectivity index (χ1n) is 6.68. The molecule has 0 saturated carbocycles. The summed E-state index contributed by atoms with van der Waals surface area (Å²) in [5, 5.41) is 0.602. The molecule has 2 nitrogen and oxygen atoms in total. The van der Waals surface area contributed by atoms with E-state index in [-0.39, 0.29) is 5.82 Å². The van der Waals surface area contributed by atoms with Crippen LogP contribution in [0.25, 0.3) is 11.0 Å². The van der Waals surface area contributed by atoms with E-state index in [0.717, 1.165) is 29.8 Å². The molecule has 0 amide bonds. The highest BCUT2D eigenvalue weighted by Crippen LogP contribution is 2.27. The minimum Gasteiger partial charge on any atom is -0.327 e. The number of benzene rings is 1. The standard InChI is InChI=1S/C14H16ClFN2S2/c15-4-3-14-17-12-7-10(16)1-2-13(12)18(14)8-11-9-19-5-6-20-11/h1-2,7,11H,3-6,8-9H2. The van der Waals surface area contributed by atoms with Gasteiger partial charge in [0.1, 0.15) is 11.6 Å². The Labute approximate surface area is 131 Å². The molecule has 1 fully saturated rings. The van der Waals surface area contributed by atoms with Crippen LogP contribution in [-0.4, -0.2) is 37.9 Å². The molecule has 108 valence electrons. The molecular formula is C14H16ClFN2S2. The highest BCUT2D eigenvalue weighted by molar-refractivity contribution is 8.06. The second kappa shape index (κ2) is 6.58. The van der Waals surface area contributed by atoms with Crippen LogP contribution in [0.2, 0.25) is 0 Å². The monoisotopic (exact) mass is 330 g/mol. The predicted molar refractivity (Wildman–Crippen MR) is 87.7 cm³/mol. The summed E-state index contributed by atoms with van der Waals surface area (Å²) in [6.45, 7) is 0.937. The van der Waals surface area contributed by atoms with Gasteiger partial charge in [-0.25, -0.2) is 9.37 Å². The highest BCUT2D eigenvalue weighted by atomic mass is 35.5. The molecule has 1 aromatic carbocycles. The summed E-state index contributed by atoms with van der Waals surface area (Å²) in [7, 11) is 0. The van der Waals surface area contributed by atoms with E-state index in [4.69, 9.17) is 11.6 Å². The molecule has 1 unspecified atom stereocenters. The van der Waals surface area contributed by atoms with E-state index in [1.54, 1.807) is 0 Å². The maximum Gasteiger partial charge on any atom is 0.125 e. The lowest BCUT2D eigenvalue weighted by molar-refractivity contribution is 0.629. The van der Waals surface area contributed by atoms with Gasteiger partial charge in [-0.05, 0) is 12.1 Å². The van der Waals surface area contributed by atoms with Gasteiger partial charge in [0, 0.05) is 47.4 Å². The van der Waals surface area contributed by atoms with E-state index in [1.807, 2.05) is 29.6 Å². The van der Waals surface area contributed by atoms with Crippen LogP contribution in [0.4, 0.5) is 4.39 Å². The molecule has 0 aliphatic carbocycles. The van der Waals surface area contributed by atoms with Gasteiger partial charge in [-0.3, -0.25) is 0 Å². The molecule has 1 atom stereocenters. The van der Waals surface area contributed by atoms with Gasteiger partial charge in [-0.1, -0.05) is 0 Å². The minimum absolute atomic E-state index is 0.234. The van der Waals surface area contributed by atoms with Crippen molar-refractivity contribution in [1.29, 1.82) is 0 Å². The van der Waals surface area contributed by atoms with Crippen LogP contribution in [0.1, 0.15) is 5.82 Å². The number of hydrogen-bond acceptors (Lipinski definition) is 3. The maximum absolute atomic E-state index is 13.3. The van der Waals surface area contributed by atoms with Crippen molar-refractivity contribution in [3.8, 4) is 0 Å². The topological polar surface area (TPSA) is 17.8 Å². The third kappa shape index (κ3) is 3.10. The smallest absolute Gasteiger partial charge is 0.125 e. The van der Waals surface area contributed by atoms with Crippen LogP contribution in [-0.2, 0) is 13.0 Å². The fourth-order valence-corrected chi connectivity index (χ4v) is 5.30. The average Bonchev–Trinajstić information content (AvgIpc) is 2.77. The van der Waals surface area contributed by atoms with Crippen molar-refractivity contribution in [2.45, 2.75) is 18.2 Å². The normalized spacial score (nSPS) is 19.6. The number of aromatic nitrogens is 2. The fraction of sp³-hybridized carbons (Fsp3) is 0.500. The Morgan fingerprint density at radius 1 is 1.40 bits per heavy atom. The zero-order chi connectivity index (χ0) is 13.9.